The van der Waals surface area contributed by atoms with Gasteiger partial charge in [0.1, 0.15) is 5.75 Å². The van der Waals surface area contributed by atoms with Crippen molar-refractivity contribution >= 4 is 0 Å². The van der Waals surface area contributed by atoms with Crippen LogP contribution in [0.25, 0.3) is 0 Å². The van der Waals surface area contributed by atoms with E-state index in [-0.39, 0.29) is 6.04 Å². The van der Waals surface area contributed by atoms with Crippen molar-refractivity contribution in [2.24, 2.45) is 5.73 Å². The van der Waals surface area contributed by atoms with Crippen molar-refractivity contribution in [2.45, 2.75) is 52.0 Å². The Morgan fingerprint density at radius 2 is 2.00 bits per heavy atom. The molecule has 0 aliphatic carbocycles. The first-order chi connectivity index (χ1) is 8.08. The summed E-state index contributed by atoms with van der Waals surface area (Å²) in [7, 11) is 1.72. The fourth-order valence-electron chi connectivity index (χ4n) is 2.07. The van der Waals surface area contributed by atoms with Gasteiger partial charge >= 0.3 is 0 Å². The van der Waals surface area contributed by atoms with Gasteiger partial charge in [0.15, 0.2) is 0 Å². The third-order valence-electron chi connectivity index (χ3n) is 3.11. The van der Waals surface area contributed by atoms with Gasteiger partial charge in [-0.15, -0.1) is 0 Å². The zero-order chi connectivity index (χ0) is 12.8. The minimum Gasteiger partial charge on any atom is -0.496 e. The van der Waals surface area contributed by atoms with Gasteiger partial charge in [0.05, 0.1) is 7.11 Å². The zero-order valence-electron chi connectivity index (χ0n) is 11.5. The molecule has 1 aromatic carbocycles. The molecule has 1 rings (SSSR count). The van der Waals surface area contributed by atoms with Gasteiger partial charge in [0, 0.05) is 6.04 Å². The van der Waals surface area contributed by atoms with Gasteiger partial charge < -0.3 is 10.5 Å². The topological polar surface area (TPSA) is 35.2 Å². The Bertz CT molecular complexity index is 347. The molecule has 0 fully saturated rings. The molecule has 2 N–H and O–H groups in total. The van der Waals surface area contributed by atoms with Crippen molar-refractivity contribution < 1.29 is 4.74 Å². The molecule has 0 spiro atoms. The van der Waals surface area contributed by atoms with Crippen molar-refractivity contribution in [3.05, 3.63) is 29.3 Å². The molecular weight excluding hydrogens is 210 g/mol. The van der Waals surface area contributed by atoms with Gasteiger partial charge in [-0.1, -0.05) is 39.3 Å². The summed E-state index contributed by atoms with van der Waals surface area (Å²) in [5, 5.41) is 0. The van der Waals surface area contributed by atoms with Crippen molar-refractivity contribution in [1.29, 1.82) is 0 Å². The number of ether oxygens (including phenoxy) is 1. The van der Waals surface area contributed by atoms with E-state index in [4.69, 9.17) is 10.5 Å². The third-order valence-corrected chi connectivity index (χ3v) is 3.11. The maximum absolute atomic E-state index is 6.11. The van der Waals surface area contributed by atoms with Crippen molar-refractivity contribution in [3.63, 3.8) is 0 Å². The molecule has 1 atom stereocenters. The van der Waals surface area contributed by atoms with Crippen LogP contribution in [0, 0.1) is 0 Å². The Kier molecular flexibility index (Phi) is 5.49. The summed E-state index contributed by atoms with van der Waals surface area (Å²) in [5.41, 5.74) is 8.70. The van der Waals surface area contributed by atoms with Crippen LogP contribution in [0.2, 0.25) is 0 Å². The average molecular weight is 235 g/mol. The fraction of sp³-hybridized carbons (Fsp3) is 0.600. The highest BCUT2D eigenvalue weighted by atomic mass is 16.5. The lowest BCUT2D eigenvalue weighted by atomic mass is 9.96. The van der Waals surface area contributed by atoms with Crippen LogP contribution >= 0.6 is 0 Å². The standard InChI is InChI=1S/C15H25NO/c1-5-6-14(16)10-13-9-12(11(2)3)7-8-15(13)17-4/h7-9,11,14H,5-6,10,16H2,1-4H3. The predicted molar refractivity (Wildman–Crippen MR) is 73.7 cm³/mol. The van der Waals surface area contributed by atoms with Crippen molar-refractivity contribution in [2.75, 3.05) is 7.11 Å². The average Bonchev–Trinajstić information content (AvgIpc) is 2.29. The third kappa shape index (κ3) is 4.04. The summed E-state index contributed by atoms with van der Waals surface area (Å²) >= 11 is 0. The summed E-state index contributed by atoms with van der Waals surface area (Å²) < 4.78 is 5.40. The summed E-state index contributed by atoms with van der Waals surface area (Å²) in [6.07, 6.45) is 3.10. The second-order valence-corrected chi connectivity index (χ2v) is 4.98. The van der Waals surface area contributed by atoms with E-state index in [1.54, 1.807) is 7.11 Å². The maximum atomic E-state index is 6.11. The van der Waals surface area contributed by atoms with Gasteiger partial charge in [-0.05, 0) is 36.0 Å². The number of hydrogen-bond donors (Lipinski definition) is 1. The van der Waals surface area contributed by atoms with Gasteiger partial charge in [0.25, 0.3) is 0 Å². The number of methoxy groups -OCH3 is 1. The molecule has 0 bridgehead atoms. The second-order valence-electron chi connectivity index (χ2n) is 4.98. The molecule has 17 heavy (non-hydrogen) atoms. The fourth-order valence-corrected chi connectivity index (χ4v) is 2.07. The highest BCUT2D eigenvalue weighted by Crippen LogP contribution is 2.25. The van der Waals surface area contributed by atoms with Crippen LogP contribution in [0.1, 0.15) is 50.7 Å². The van der Waals surface area contributed by atoms with E-state index in [1.165, 1.54) is 11.1 Å². The largest absolute Gasteiger partial charge is 0.496 e. The highest BCUT2D eigenvalue weighted by Gasteiger charge is 2.10. The lowest BCUT2D eigenvalue weighted by Crippen LogP contribution is -2.22. The van der Waals surface area contributed by atoms with Crippen LogP contribution in [0.3, 0.4) is 0 Å². The molecule has 0 aromatic heterocycles. The Morgan fingerprint density at radius 1 is 1.29 bits per heavy atom. The first-order valence-electron chi connectivity index (χ1n) is 6.50. The molecule has 1 aromatic rings. The SMILES string of the molecule is CCCC(N)Cc1cc(C(C)C)ccc1OC. The summed E-state index contributed by atoms with van der Waals surface area (Å²) in [4.78, 5) is 0. The molecule has 1 unspecified atom stereocenters. The Morgan fingerprint density at radius 3 is 2.53 bits per heavy atom. The molecule has 0 amide bonds. The maximum Gasteiger partial charge on any atom is 0.122 e. The molecule has 0 saturated carbocycles. The minimum atomic E-state index is 0.233. The molecule has 2 nitrogen and oxygen atoms in total. The van der Waals surface area contributed by atoms with E-state index in [0.29, 0.717) is 5.92 Å². The Balaban J connectivity index is 2.89. The lowest BCUT2D eigenvalue weighted by molar-refractivity contribution is 0.407. The molecule has 0 heterocycles. The van der Waals surface area contributed by atoms with E-state index in [9.17, 15) is 0 Å². The number of hydrogen-bond acceptors (Lipinski definition) is 2. The Hall–Kier alpha value is -1.02. The van der Waals surface area contributed by atoms with E-state index in [1.807, 2.05) is 0 Å². The monoisotopic (exact) mass is 235 g/mol. The summed E-state index contributed by atoms with van der Waals surface area (Å²) in [5.74, 6) is 1.50. The van der Waals surface area contributed by atoms with Gasteiger partial charge in [-0.25, -0.2) is 0 Å². The molecule has 0 aliphatic heterocycles. The van der Waals surface area contributed by atoms with Crippen LogP contribution in [0.5, 0.6) is 5.75 Å². The van der Waals surface area contributed by atoms with Crippen LogP contribution < -0.4 is 10.5 Å². The summed E-state index contributed by atoms with van der Waals surface area (Å²) in [6, 6.07) is 6.66. The molecule has 96 valence electrons. The summed E-state index contributed by atoms with van der Waals surface area (Å²) in [6.45, 7) is 6.58. The van der Waals surface area contributed by atoms with Gasteiger partial charge in [-0.2, -0.15) is 0 Å². The van der Waals surface area contributed by atoms with E-state index < -0.39 is 0 Å². The molecule has 0 aliphatic rings. The minimum absolute atomic E-state index is 0.233. The highest BCUT2D eigenvalue weighted by molar-refractivity contribution is 5.38. The van der Waals surface area contributed by atoms with E-state index >= 15 is 0 Å². The Labute approximate surface area is 105 Å². The van der Waals surface area contributed by atoms with Crippen LogP contribution in [-0.2, 0) is 6.42 Å². The molecule has 0 radical (unpaired) electrons. The normalized spacial score (nSPS) is 12.8. The van der Waals surface area contributed by atoms with Crippen LogP contribution in [-0.4, -0.2) is 13.2 Å². The quantitative estimate of drug-likeness (QED) is 0.819. The zero-order valence-corrected chi connectivity index (χ0v) is 11.5. The van der Waals surface area contributed by atoms with Crippen LogP contribution in [0.4, 0.5) is 0 Å². The smallest absolute Gasteiger partial charge is 0.122 e. The van der Waals surface area contributed by atoms with Gasteiger partial charge in [-0.3, -0.25) is 0 Å². The van der Waals surface area contributed by atoms with Gasteiger partial charge in [0.2, 0.25) is 0 Å². The molecule has 2 heteroatoms. The second kappa shape index (κ2) is 6.65. The predicted octanol–water partition coefficient (Wildman–Crippen LogP) is 3.49. The van der Waals surface area contributed by atoms with Crippen molar-refractivity contribution in [1.82, 2.24) is 0 Å². The molecular formula is C15H25NO. The first-order valence-corrected chi connectivity index (χ1v) is 6.50. The lowest BCUT2D eigenvalue weighted by Gasteiger charge is -2.16. The van der Waals surface area contributed by atoms with E-state index in [2.05, 4.69) is 39.0 Å². The van der Waals surface area contributed by atoms with Crippen LogP contribution in [0.15, 0.2) is 18.2 Å². The van der Waals surface area contributed by atoms with Crippen molar-refractivity contribution in [3.8, 4) is 5.75 Å². The number of rotatable bonds is 6. The van der Waals surface area contributed by atoms with E-state index in [0.717, 1.165) is 25.0 Å². The first kappa shape index (κ1) is 14.0. The number of nitrogens with two attached hydrogens (primary N) is 1. The molecule has 0 saturated heterocycles. The number of benzene rings is 1.